The first-order chi connectivity index (χ1) is 11.9. The molecule has 0 radical (unpaired) electrons. The van der Waals surface area contributed by atoms with Crippen molar-refractivity contribution in [1.29, 1.82) is 0 Å². The topological polar surface area (TPSA) is 52.7 Å². The predicted molar refractivity (Wildman–Crippen MR) is 101 cm³/mol. The molecule has 1 aromatic rings. The Morgan fingerprint density at radius 2 is 1.72 bits per heavy atom. The molecule has 0 unspecified atom stereocenters. The van der Waals surface area contributed by atoms with Gasteiger partial charge in [-0.1, -0.05) is 43.7 Å². The molecule has 2 amide bonds. The fraction of sp³-hybridized carbons (Fsp3) is 0.500. The number of carbonyl (C=O) groups excluding carboxylic acids is 2. The van der Waals surface area contributed by atoms with Crippen molar-refractivity contribution in [3.63, 3.8) is 0 Å². The Hall–Kier alpha value is -2.14. The lowest BCUT2D eigenvalue weighted by Gasteiger charge is -2.32. The van der Waals surface area contributed by atoms with Gasteiger partial charge in [-0.2, -0.15) is 0 Å². The standard InChI is InChI=1S/C20H29N3O2/c1-15(2)18(17-7-5-16(3)6-8-17)13-19(24)21-14-20(25)23-11-9-22(4)10-12-23/h5-8,13,15H,9-12,14H2,1-4H3,(H,21,24)/b18-13+. The van der Waals surface area contributed by atoms with Gasteiger partial charge in [0.2, 0.25) is 11.8 Å². The Labute approximate surface area is 150 Å². The van der Waals surface area contributed by atoms with E-state index in [2.05, 4.69) is 24.1 Å². The van der Waals surface area contributed by atoms with Crippen LogP contribution in [0.2, 0.25) is 0 Å². The second kappa shape index (κ2) is 8.81. The Morgan fingerprint density at radius 3 is 2.28 bits per heavy atom. The molecule has 0 spiro atoms. The van der Waals surface area contributed by atoms with Crippen LogP contribution in [0.3, 0.4) is 0 Å². The average Bonchev–Trinajstić information content (AvgIpc) is 2.59. The number of hydrogen-bond donors (Lipinski definition) is 1. The van der Waals surface area contributed by atoms with Gasteiger partial charge in [0, 0.05) is 32.3 Å². The molecule has 1 aromatic carbocycles. The first-order valence-corrected chi connectivity index (χ1v) is 8.89. The van der Waals surface area contributed by atoms with Crippen molar-refractivity contribution < 1.29 is 9.59 Å². The summed E-state index contributed by atoms with van der Waals surface area (Å²) in [6.07, 6.45) is 1.62. The second-order valence-corrected chi connectivity index (χ2v) is 7.02. The van der Waals surface area contributed by atoms with E-state index in [1.807, 2.05) is 43.1 Å². The molecular weight excluding hydrogens is 314 g/mol. The van der Waals surface area contributed by atoms with Crippen LogP contribution in [0.5, 0.6) is 0 Å². The summed E-state index contributed by atoms with van der Waals surface area (Å²) in [6.45, 7) is 9.43. The summed E-state index contributed by atoms with van der Waals surface area (Å²) in [5.41, 5.74) is 3.21. The molecule has 2 rings (SSSR count). The zero-order valence-electron chi connectivity index (χ0n) is 15.7. The van der Waals surface area contributed by atoms with Gasteiger partial charge >= 0.3 is 0 Å². The minimum absolute atomic E-state index is 0.0173. The summed E-state index contributed by atoms with van der Waals surface area (Å²) >= 11 is 0. The van der Waals surface area contributed by atoms with Gasteiger partial charge in [-0.15, -0.1) is 0 Å². The van der Waals surface area contributed by atoms with E-state index in [9.17, 15) is 9.59 Å². The number of allylic oxidation sites excluding steroid dienone is 1. The summed E-state index contributed by atoms with van der Waals surface area (Å²) in [7, 11) is 2.05. The highest BCUT2D eigenvalue weighted by Crippen LogP contribution is 2.23. The van der Waals surface area contributed by atoms with Gasteiger partial charge in [-0.25, -0.2) is 0 Å². The monoisotopic (exact) mass is 343 g/mol. The molecule has 0 aliphatic carbocycles. The van der Waals surface area contributed by atoms with E-state index in [0.717, 1.165) is 37.3 Å². The highest BCUT2D eigenvalue weighted by atomic mass is 16.2. The Morgan fingerprint density at radius 1 is 1.12 bits per heavy atom. The molecule has 1 saturated heterocycles. The van der Waals surface area contributed by atoms with Gasteiger partial charge in [0.05, 0.1) is 6.54 Å². The molecule has 0 aromatic heterocycles. The van der Waals surface area contributed by atoms with Crippen molar-refractivity contribution in [2.45, 2.75) is 20.8 Å². The first-order valence-electron chi connectivity index (χ1n) is 8.89. The molecule has 1 N–H and O–H groups in total. The third-order valence-corrected chi connectivity index (χ3v) is 4.56. The quantitative estimate of drug-likeness (QED) is 0.831. The fourth-order valence-electron chi connectivity index (χ4n) is 2.85. The van der Waals surface area contributed by atoms with E-state index < -0.39 is 0 Å². The van der Waals surface area contributed by atoms with E-state index in [4.69, 9.17) is 0 Å². The number of benzene rings is 1. The maximum Gasteiger partial charge on any atom is 0.244 e. The van der Waals surface area contributed by atoms with Gasteiger partial charge in [-0.3, -0.25) is 9.59 Å². The van der Waals surface area contributed by atoms with Crippen LogP contribution in [-0.4, -0.2) is 61.4 Å². The maximum atomic E-state index is 12.3. The van der Waals surface area contributed by atoms with Gasteiger partial charge < -0.3 is 15.1 Å². The number of nitrogens with one attached hydrogen (secondary N) is 1. The van der Waals surface area contributed by atoms with E-state index in [0.29, 0.717) is 0 Å². The van der Waals surface area contributed by atoms with Crippen molar-refractivity contribution in [2.75, 3.05) is 39.8 Å². The van der Waals surface area contributed by atoms with E-state index in [1.54, 1.807) is 6.08 Å². The fourth-order valence-corrected chi connectivity index (χ4v) is 2.85. The molecule has 1 aliphatic heterocycles. The van der Waals surface area contributed by atoms with Crippen LogP contribution in [-0.2, 0) is 9.59 Å². The second-order valence-electron chi connectivity index (χ2n) is 7.02. The molecule has 136 valence electrons. The third-order valence-electron chi connectivity index (χ3n) is 4.56. The van der Waals surface area contributed by atoms with Crippen LogP contribution in [0.1, 0.15) is 25.0 Å². The number of carbonyl (C=O) groups is 2. The van der Waals surface area contributed by atoms with Crippen molar-refractivity contribution in [3.8, 4) is 0 Å². The number of nitrogens with zero attached hydrogens (tertiary/aromatic N) is 2. The lowest BCUT2D eigenvalue weighted by atomic mass is 9.94. The highest BCUT2D eigenvalue weighted by Gasteiger charge is 2.19. The molecule has 0 bridgehead atoms. The molecule has 5 nitrogen and oxygen atoms in total. The molecule has 1 aliphatic rings. The molecular formula is C20H29N3O2. The van der Waals surface area contributed by atoms with Crippen LogP contribution in [0.4, 0.5) is 0 Å². The zero-order valence-corrected chi connectivity index (χ0v) is 15.7. The van der Waals surface area contributed by atoms with E-state index in [-0.39, 0.29) is 24.3 Å². The Bertz CT molecular complexity index is 627. The number of aryl methyl sites for hydroxylation is 1. The van der Waals surface area contributed by atoms with E-state index >= 15 is 0 Å². The lowest BCUT2D eigenvalue weighted by molar-refractivity contribution is -0.133. The van der Waals surface area contributed by atoms with Gasteiger partial charge in [0.15, 0.2) is 0 Å². The summed E-state index contributed by atoms with van der Waals surface area (Å²) in [6, 6.07) is 8.15. The number of amides is 2. The van der Waals surface area contributed by atoms with Crippen molar-refractivity contribution >= 4 is 17.4 Å². The minimum atomic E-state index is -0.216. The van der Waals surface area contributed by atoms with Crippen LogP contribution < -0.4 is 5.32 Å². The third kappa shape index (κ3) is 5.71. The van der Waals surface area contributed by atoms with Crippen molar-refractivity contribution in [1.82, 2.24) is 15.1 Å². The highest BCUT2D eigenvalue weighted by molar-refractivity contribution is 5.97. The normalized spacial score (nSPS) is 16.2. The smallest absolute Gasteiger partial charge is 0.244 e. The van der Waals surface area contributed by atoms with E-state index in [1.165, 1.54) is 5.56 Å². The first kappa shape index (κ1) is 19.2. The zero-order chi connectivity index (χ0) is 18.4. The van der Waals surface area contributed by atoms with Gasteiger partial charge in [0.25, 0.3) is 0 Å². The van der Waals surface area contributed by atoms with Crippen LogP contribution in [0, 0.1) is 12.8 Å². The van der Waals surface area contributed by atoms with Crippen molar-refractivity contribution in [2.24, 2.45) is 5.92 Å². The van der Waals surface area contributed by atoms with Gasteiger partial charge in [-0.05, 0) is 31.0 Å². The molecule has 0 atom stereocenters. The Balaban J connectivity index is 1.95. The average molecular weight is 343 g/mol. The number of rotatable bonds is 5. The summed E-state index contributed by atoms with van der Waals surface area (Å²) in [5, 5.41) is 2.74. The predicted octanol–water partition coefficient (Wildman–Crippen LogP) is 1.92. The summed E-state index contributed by atoms with van der Waals surface area (Å²) in [4.78, 5) is 28.5. The molecule has 25 heavy (non-hydrogen) atoms. The number of hydrogen-bond acceptors (Lipinski definition) is 3. The van der Waals surface area contributed by atoms with Crippen LogP contribution in [0.25, 0.3) is 5.57 Å². The number of likely N-dealkylation sites (N-methyl/N-ethyl adjacent to an activating group) is 1. The number of piperazine rings is 1. The molecule has 1 heterocycles. The van der Waals surface area contributed by atoms with Crippen molar-refractivity contribution in [3.05, 3.63) is 41.5 Å². The van der Waals surface area contributed by atoms with Crippen LogP contribution >= 0.6 is 0 Å². The minimum Gasteiger partial charge on any atom is -0.343 e. The van der Waals surface area contributed by atoms with Gasteiger partial charge in [0.1, 0.15) is 0 Å². The summed E-state index contributed by atoms with van der Waals surface area (Å²) < 4.78 is 0. The maximum absolute atomic E-state index is 12.3. The molecule has 0 saturated carbocycles. The Kier molecular flexibility index (Phi) is 6.76. The van der Waals surface area contributed by atoms with Crippen LogP contribution in [0.15, 0.2) is 30.3 Å². The summed E-state index contributed by atoms with van der Waals surface area (Å²) in [5.74, 6) is -0.00942. The lowest BCUT2D eigenvalue weighted by Crippen LogP contribution is -2.49. The SMILES string of the molecule is Cc1ccc(/C(=C/C(=O)NCC(=O)N2CCN(C)CC2)C(C)C)cc1. The largest absolute Gasteiger partial charge is 0.343 e. The molecule has 5 heteroatoms. The molecule has 1 fully saturated rings.